The Bertz CT molecular complexity index is 917. The van der Waals surface area contributed by atoms with Crippen LogP contribution in [-0.4, -0.2) is 82.4 Å². The highest BCUT2D eigenvalue weighted by Gasteiger charge is 2.25. The average Bonchev–Trinajstić information content (AvgIpc) is 3.31. The van der Waals surface area contributed by atoms with Crippen molar-refractivity contribution in [2.75, 3.05) is 70.3 Å². The van der Waals surface area contributed by atoms with E-state index in [9.17, 15) is 0 Å². The van der Waals surface area contributed by atoms with E-state index < -0.39 is 0 Å². The van der Waals surface area contributed by atoms with Crippen molar-refractivity contribution in [2.45, 2.75) is 19.0 Å². The fourth-order valence-corrected chi connectivity index (χ4v) is 4.43. The van der Waals surface area contributed by atoms with Gasteiger partial charge in [0.25, 0.3) is 0 Å². The number of likely N-dealkylation sites (N-methyl/N-ethyl adjacent to an activating group) is 1. The van der Waals surface area contributed by atoms with Crippen LogP contribution in [0.3, 0.4) is 0 Å². The summed E-state index contributed by atoms with van der Waals surface area (Å²) < 4.78 is 5.54. The van der Waals surface area contributed by atoms with Crippen molar-refractivity contribution in [3.05, 3.63) is 48.2 Å². The summed E-state index contributed by atoms with van der Waals surface area (Å²) in [6.45, 7) is 6.75. The van der Waals surface area contributed by atoms with Gasteiger partial charge in [-0.05, 0) is 31.7 Å². The van der Waals surface area contributed by atoms with Gasteiger partial charge in [-0.15, -0.1) is 24.0 Å². The Kier molecular flexibility index (Phi) is 9.42. The Balaban J connectivity index is 0.00000306. The van der Waals surface area contributed by atoms with Gasteiger partial charge < -0.3 is 30.1 Å². The number of pyridine rings is 1. The van der Waals surface area contributed by atoms with Gasteiger partial charge in [0.2, 0.25) is 0 Å². The zero-order valence-corrected chi connectivity index (χ0v) is 22.2. The summed E-state index contributed by atoms with van der Waals surface area (Å²) in [4.78, 5) is 16.3. The number of hydrogen-bond acceptors (Lipinski definition) is 6. The predicted octanol–water partition coefficient (Wildman–Crippen LogP) is 2.40. The van der Waals surface area contributed by atoms with Crippen molar-refractivity contribution in [1.29, 1.82) is 0 Å². The van der Waals surface area contributed by atoms with Crippen LogP contribution in [0.15, 0.2) is 47.6 Å². The summed E-state index contributed by atoms with van der Waals surface area (Å²) in [5.74, 6) is 2.82. The second-order valence-corrected chi connectivity index (χ2v) is 8.45. The van der Waals surface area contributed by atoms with Crippen molar-refractivity contribution in [1.82, 2.24) is 20.5 Å². The molecule has 2 aliphatic heterocycles. The summed E-state index contributed by atoms with van der Waals surface area (Å²) >= 11 is 0. The smallest absolute Gasteiger partial charge is 0.191 e. The third-order valence-electron chi connectivity index (χ3n) is 6.30. The molecule has 2 aliphatic rings. The molecule has 4 rings (SSSR count). The number of anilines is 2. The Labute approximate surface area is 214 Å². The van der Waals surface area contributed by atoms with Gasteiger partial charge in [-0.1, -0.05) is 18.2 Å². The minimum Gasteiger partial charge on any atom is -0.495 e. The van der Waals surface area contributed by atoms with Crippen LogP contribution < -0.4 is 25.2 Å². The minimum absolute atomic E-state index is 0. The molecule has 9 heteroatoms. The van der Waals surface area contributed by atoms with Crippen molar-refractivity contribution in [3.8, 4) is 5.75 Å². The monoisotopic (exact) mass is 565 g/mol. The Morgan fingerprint density at radius 1 is 1.09 bits per heavy atom. The van der Waals surface area contributed by atoms with Crippen LogP contribution in [0.2, 0.25) is 0 Å². The van der Waals surface area contributed by atoms with Crippen molar-refractivity contribution < 1.29 is 4.74 Å². The Hall–Kier alpha value is -2.27. The molecule has 0 radical (unpaired) electrons. The van der Waals surface area contributed by atoms with E-state index in [0.717, 1.165) is 68.9 Å². The SMILES string of the molecule is CN=C(NCc1cccnc1N1CCN(C)CC1)NC1CCN(c2ccccc2OC)C1.I. The molecule has 8 nitrogen and oxygen atoms in total. The first-order chi connectivity index (χ1) is 15.7. The van der Waals surface area contributed by atoms with Crippen molar-refractivity contribution >= 4 is 41.4 Å². The summed E-state index contributed by atoms with van der Waals surface area (Å²) in [5.41, 5.74) is 2.34. The van der Waals surface area contributed by atoms with E-state index in [1.165, 1.54) is 5.56 Å². The third-order valence-corrected chi connectivity index (χ3v) is 6.30. The van der Waals surface area contributed by atoms with Gasteiger partial charge in [-0.2, -0.15) is 0 Å². The molecule has 0 amide bonds. The fraction of sp³-hybridized carbons (Fsp3) is 0.500. The van der Waals surface area contributed by atoms with Crippen molar-refractivity contribution in [2.24, 2.45) is 4.99 Å². The van der Waals surface area contributed by atoms with E-state index in [4.69, 9.17) is 4.74 Å². The minimum atomic E-state index is 0. The third kappa shape index (κ3) is 6.41. The van der Waals surface area contributed by atoms with E-state index >= 15 is 0 Å². The summed E-state index contributed by atoms with van der Waals surface area (Å²) in [7, 11) is 5.73. The molecule has 0 saturated carbocycles. The molecule has 2 saturated heterocycles. The molecule has 33 heavy (non-hydrogen) atoms. The number of nitrogens with zero attached hydrogens (tertiary/aromatic N) is 5. The molecule has 2 aromatic rings. The van der Waals surface area contributed by atoms with Gasteiger partial charge in [0.15, 0.2) is 5.96 Å². The first kappa shape index (κ1) is 25.4. The summed E-state index contributed by atoms with van der Waals surface area (Å²) in [6, 6.07) is 12.7. The number of aliphatic imine (C=N–C) groups is 1. The normalized spacial score (nSPS) is 19.2. The fourth-order valence-electron chi connectivity index (χ4n) is 4.43. The van der Waals surface area contributed by atoms with Gasteiger partial charge in [0.05, 0.1) is 12.8 Å². The van der Waals surface area contributed by atoms with Crippen LogP contribution >= 0.6 is 24.0 Å². The number of benzene rings is 1. The Morgan fingerprint density at radius 3 is 2.64 bits per heavy atom. The summed E-state index contributed by atoms with van der Waals surface area (Å²) in [6.07, 6.45) is 2.94. The summed E-state index contributed by atoms with van der Waals surface area (Å²) in [5, 5.41) is 7.09. The van der Waals surface area contributed by atoms with Gasteiger partial charge in [0.1, 0.15) is 11.6 Å². The van der Waals surface area contributed by atoms with Gasteiger partial charge >= 0.3 is 0 Å². The van der Waals surface area contributed by atoms with Crippen LogP contribution in [0.4, 0.5) is 11.5 Å². The number of hydrogen-bond donors (Lipinski definition) is 2. The maximum atomic E-state index is 5.54. The topological polar surface area (TPSA) is 68.3 Å². The number of halogens is 1. The van der Waals surface area contributed by atoms with E-state index in [0.29, 0.717) is 12.6 Å². The molecule has 1 atom stereocenters. The molecular formula is C24H36IN7O. The first-order valence-electron chi connectivity index (χ1n) is 11.4. The lowest BCUT2D eigenvalue weighted by Gasteiger charge is -2.34. The molecule has 3 heterocycles. The second-order valence-electron chi connectivity index (χ2n) is 8.45. The molecule has 1 aromatic heterocycles. The maximum Gasteiger partial charge on any atom is 0.191 e. The molecule has 2 N–H and O–H groups in total. The lowest BCUT2D eigenvalue weighted by Crippen LogP contribution is -2.46. The second kappa shape index (κ2) is 12.3. The van der Waals surface area contributed by atoms with Crippen LogP contribution in [0.25, 0.3) is 0 Å². The number of rotatable bonds is 6. The molecule has 1 unspecified atom stereocenters. The number of nitrogens with one attached hydrogen (secondary N) is 2. The number of ether oxygens (including phenoxy) is 1. The van der Waals surface area contributed by atoms with Crippen LogP contribution in [-0.2, 0) is 6.54 Å². The lowest BCUT2D eigenvalue weighted by atomic mass is 10.2. The number of methoxy groups -OCH3 is 1. The Morgan fingerprint density at radius 2 is 1.88 bits per heavy atom. The van der Waals surface area contributed by atoms with E-state index in [1.54, 1.807) is 7.11 Å². The molecule has 2 fully saturated rings. The van der Waals surface area contributed by atoms with Gasteiger partial charge in [0, 0.05) is 70.7 Å². The molecular weight excluding hydrogens is 529 g/mol. The van der Waals surface area contributed by atoms with E-state index in [2.05, 4.69) is 60.6 Å². The van der Waals surface area contributed by atoms with Gasteiger partial charge in [-0.25, -0.2) is 4.98 Å². The molecule has 0 aliphatic carbocycles. The number of piperazine rings is 1. The molecule has 1 aromatic carbocycles. The van der Waals surface area contributed by atoms with Crippen molar-refractivity contribution in [3.63, 3.8) is 0 Å². The lowest BCUT2D eigenvalue weighted by molar-refractivity contribution is 0.312. The highest BCUT2D eigenvalue weighted by molar-refractivity contribution is 14.0. The zero-order chi connectivity index (χ0) is 22.3. The van der Waals surface area contributed by atoms with Crippen LogP contribution in [0.1, 0.15) is 12.0 Å². The highest BCUT2D eigenvalue weighted by atomic mass is 127. The largest absolute Gasteiger partial charge is 0.495 e. The number of guanidine groups is 1. The van der Waals surface area contributed by atoms with Gasteiger partial charge in [-0.3, -0.25) is 4.99 Å². The molecule has 0 spiro atoms. The quantitative estimate of drug-likeness (QED) is 0.317. The van der Waals surface area contributed by atoms with Crippen LogP contribution in [0.5, 0.6) is 5.75 Å². The first-order valence-corrected chi connectivity index (χ1v) is 11.4. The van der Waals surface area contributed by atoms with E-state index in [1.807, 2.05) is 31.4 Å². The maximum absolute atomic E-state index is 5.54. The zero-order valence-electron chi connectivity index (χ0n) is 19.8. The number of aromatic nitrogens is 1. The molecule has 0 bridgehead atoms. The number of para-hydroxylation sites is 2. The van der Waals surface area contributed by atoms with Crippen LogP contribution in [0, 0.1) is 0 Å². The molecule has 180 valence electrons. The highest BCUT2D eigenvalue weighted by Crippen LogP contribution is 2.30. The average molecular weight is 566 g/mol. The standard InChI is InChI=1S/C24H35N7O.HI/c1-25-24(28-20-10-12-31(18-20)21-8-4-5-9-22(21)32-3)27-17-19-7-6-11-26-23(19)30-15-13-29(2)14-16-30;/h4-9,11,20H,10,12-18H2,1-3H3,(H2,25,27,28);1H. The predicted molar refractivity (Wildman–Crippen MR) is 146 cm³/mol. The van der Waals surface area contributed by atoms with E-state index in [-0.39, 0.29) is 24.0 Å².